The van der Waals surface area contributed by atoms with Crippen molar-refractivity contribution in [2.24, 2.45) is 5.92 Å². The molecule has 1 unspecified atom stereocenters. The number of carbonyl (C=O) groups excluding carboxylic acids is 1. The van der Waals surface area contributed by atoms with Crippen molar-refractivity contribution >= 4 is 23.2 Å². The van der Waals surface area contributed by atoms with E-state index >= 15 is 0 Å². The Bertz CT molecular complexity index is 1470. The number of rotatable bonds is 4. The molecule has 0 radical (unpaired) electrons. The zero-order valence-electron chi connectivity index (χ0n) is 19.3. The topological polar surface area (TPSA) is 130 Å². The summed E-state index contributed by atoms with van der Waals surface area (Å²) in [5.74, 6) is 0.133. The summed E-state index contributed by atoms with van der Waals surface area (Å²) in [6, 6.07) is 6.72. The van der Waals surface area contributed by atoms with Crippen LogP contribution in [0.3, 0.4) is 0 Å². The summed E-state index contributed by atoms with van der Waals surface area (Å²) in [7, 11) is 0. The highest BCUT2D eigenvalue weighted by atomic mass is 16.4. The van der Waals surface area contributed by atoms with E-state index in [-0.39, 0.29) is 36.4 Å². The highest BCUT2D eigenvalue weighted by molar-refractivity contribution is 5.91. The third kappa shape index (κ3) is 3.69. The summed E-state index contributed by atoms with van der Waals surface area (Å²) < 4.78 is 7.50. The Kier molecular flexibility index (Phi) is 4.80. The fourth-order valence-electron chi connectivity index (χ4n) is 4.67. The molecular formula is C24H23N7O4. The largest absolute Gasteiger partial charge is 0.477 e. The van der Waals surface area contributed by atoms with Crippen molar-refractivity contribution in [1.29, 1.82) is 0 Å². The monoisotopic (exact) mass is 473 g/mol. The van der Waals surface area contributed by atoms with Gasteiger partial charge in [0.15, 0.2) is 5.65 Å². The van der Waals surface area contributed by atoms with Crippen LogP contribution in [-0.4, -0.2) is 59.5 Å². The number of fused-ring (bicyclic) bond motifs is 2. The first-order valence-electron chi connectivity index (χ1n) is 11.5. The predicted molar refractivity (Wildman–Crippen MR) is 124 cm³/mol. The Balaban J connectivity index is 1.22. The lowest BCUT2D eigenvalue weighted by Gasteiger charge is -2.18. The zero-order valence-corrected chi connectivity index (χ0v) is 19.3. The molecular weight excluding hydrogens is 450 g/mol. The molecule has 6 rings (SSSR count). The van der Waals surface area contributed by atoms with Gasteiger partial charge in [-0.15, -0.1) is 5.10 Å². The Labute approximate surface area is 200 Å². The molecule has 0 saturated carbocycles. The number of carboxylic acid groups (broad SMARTS) is 1. The molecule has 11 nitrogen and oxygen atoms in total. The van der Waals surface area contributed by atoms with E-state index < -0.39 is 5.97 Å². The number of oxazole rings is 1. The molecule has 178 valence electrons. The summed E-state index contributed by atoms with van der Waals surface area (Å²) in [6.45, 7) is 6.72. The van der Waals surface area contributed by atoms with E-state index in [2.05, 4.69) is 37.9 Å². The van der Waals surface area contributed by atoms with Crippen LogP contribution in [0.4, 0.5) is 5.69 Å². The van der Waals surface area contributed by atoms with Gasteiger partial charge in [0.05, 0.1) is 25.0 Å². The number of carbonyl (C=O) groups is 2. The van der Waals surface area contributed by atoms with Gasteiger partial charge in [-0.25, -0.2) is 24.3 Å². The number of aromatic carboxylic acids is 1. The number of amides is 1. The molecule has 6 heterocycles. The van der Waals surface area contributed by atoms with Crippen molar-refractivity contribution in [1.82, 2.24) is 29.5 Å². The highest BCUT2D eigenvalue weighted by Crippen LogP contribution is 2.29. The molecule has 1 N–H and O–H groups in total. The maximum Gasteiger partial charge on any atom is 0.354 e. The van der Waals surface area contributed by atoms with E-state index in [0.29, 0.717) is 28.7 Å². The van der Waals surface area contributed by atoms with Gasteiger partial charge in [0.1, 0.15) is 22.8 Å². The van der Waals surface area contributed by atoms with E-state index in [1.165, 1.54) is 6.07 Å². The van der Waals surface area contributed by atoms with Crippen molar-refractivity contribution in [3.05, 3.63) is 59.0 Å². The van der Waals surface area contributed by atoms with Crippen LogP contribution in [0.25, 0.3) is 17.2 Å². The van der Waals surface area contributed by atoms with E-state index in [0.717, 1.165) is 30.8 Å². The summed E-state index contributed by atoms with van der Waals surface area (Å²) in [6.07, 6.45) is 3.10. The van der Waals surface area contributed by atoms with Crippen molar-refractivity contribution in [2.45, 2.75) is 33.4 Å². The number of aromatic nitrogens is 5. The van der Waals surface area contributed by atoms with Crippen molar-refractivity contribution in [3.8, 4) is 11.6 Å². The molecule has 4 aromatic heterocycles. The first kappa shape index (κ1) is 21.3. The van der Waals surface area contributed by atoms with Gasteiger partial charge >= 0.3 is 5.97 Å². The van der Waals surface area contributed by atoms with Gasteiger partial charge in [-0.05, 0) is 43.0 Å². The molecule has 0 spiro atoms. The first-order valence-corrected chi connectivity index (χ1v) is 11.5. The summed E-state index contributed by atoms with van der Waals surface area (Å²) >= 11 is 0. The van der Waals surface area contributed by atoms with Gasteiger partial charge in [-0.1, -0.05) is 13.0 Å². The molecule has 0 aromatic carbocycles. The van der Waals surface area contributed by atoms with Gasteiger partial charge in [0.25, 0.3) is 5.91 Å². The molecule has 1 amide bonds. The number of anilines is 1. The number of hydrogen-bond acceptors (Lipinski definition) is 8. The maximum absolute atomic E-state index is 13.2. The number of hydrogen-bond donors (Lipinski definition) is 1. The summed E-state index contributed by atoms with van der Waals surface area (Å²) in [5.41, 5.74) is 3.56. The van der Waals surface area contributed by atoms with Gasteiger partial charge in [0, 0.05) is 13.1 Å². The summed E-state index contributed by atoms with van der Waals surface area (Å²) in [5, 5.41) is 13.6. The second-order valence-electron chi connectivity index (χ2n) is 9.19. The summed E-state index contributed by atoms with van der Waals surface area (Å²) in [4.78, 5) is 41.3. The maximum atomic E-state index is 13.2. The van der Waals surface area contributed by atoms with Crippen LogP contribution < -0.4 is 4.90 Å². The van der Waals surface area contributed by atoms with Crippen molar-refractivity contribution in [3.63, 3.8) is 0 Å². The van der Waals surface area contributed by atoms with Gasteiger partial charge in [-0.2, -0.15) is 0 Å². The van der Waals surface area contributed by atoms with E-state index in [1.54, 1.807) is 21.5 Å². The standard InChI is InChI=1S/C24H23N7O4/c1-13-6-7-29(9-13)15-8-14(2)21-27-20(28-31(21)10-15)23(32)30-11-18-19(12-30)35-22(26-18)16-4-3-5-17(25-16)24(33)34/h3-5,8,10,13H,6-7,9,11-12H2,1-2H3,(H,33,34). The van der Waals surface area contributed by atoms with Crippen molar-refractivity contribution in [2.75, 3.05) is 18.0 Å². The molecule has 0 bridgehead atoms. The molecule has 2 aliphatic rings. The lowest BCUT2D eigenvalue weighted by atomic mass is 10.2. The fourth-order valence-corrected chi connectivity index (χ4v) is 4.67. The van der Waals surface area contributed by atoms with Crippen LogP contribution in [-0.2, 0) is 13.1 Å². The Morgan fingerprint density at radius 3 is 2.77 bits per heavy atom. The quantitative estimate of drug-likeness (QED) is 0.475. The van der Waals surface area contributed by atoms with Crippen LogP contribution in [0.5, 0.6) is 0 Å². The smallest absolute Gasteiger partial charge is 0.354 e. The molecule has 1 atom stereocenters. The van der Waals surface area contributed by atoms with Crippen LogP contribution in [0.1, 0.15) is 51.5 Å². The van der Waals surface area contributed by atoms with Crippen molar-refractivity contribution < 1.29 is 19.1 Å². The van der Waals surface area contributed by atoms with Gasteiger partial charge in [-0.3, -0.25) is 4.79 Å². The Morgan fingerprint density at radius 2 is 2.03 bits per heavy atom. The fraction of sp³-hybridized carbons (Fsp3) is 0.333. The molecule has 1 saturated heterocycles. The molecule has 11 heteroatoms. The second-order valence-corrected chi connectivity index (χ2v) is 9.19. The number of pyridine rings is 2. The van der Waals surface area contributed by atoms with Crippen LogP contribution in [0.15, 0.2) is 34.9 Å². The minimum atomic E-state index is -1.12. The zero-order chi connectivity index (χ0) is 24.3. The molecule has 0 aliphatic carbocycles. The molecule has 2 aliphatic heterocycles. The predicted octanol–water partition coefficient (Wildman–Crippen LogP) is 2.79. The van der Waals surface area contributed by atoms with E-state index in [1.807, 2.05) is 13.1 Å². The number of nitrogens with zero attached hydrogens (tertiary/aromatic N) is 7. The van der Waals surface area contributed by atoms with Crippen LogP contribution >= 0.6 is 0 Å². The second kappa shape index (κ2) is 7.90. The first-order chi connectivity index (χ1) is 16.9. The molecule has 35 heavy (non-hydrogen) atoms. The van der Waals surface area contributed by atoms with Gasteiger partial charge < -0.3 is 19.3 Å². The molecule has 1 fully saturated rings. The lowest BCUT2D eigenvalue weighted by Crippen LogP contribution is -2.26. The van der Waals surface area contributed by atoms with E-state index in [4.69, 9.17) is 9.52 Å². The Hall–Kier alpha value is -4.28. The van der Waals surface area contributed by atoms with E-state index in [9.17, 15) is 9.59 Å². The Morgan fingerprint density at radius 1 is 1.17 bits per heavy atom. The van der Waals surface area contributed by atoms with Crippen LogP contribution in [0, 0.1) is 12.8 Å². The lowest BCUT2D eigenvalue weighted by molar-refractivity contribution is 0.0688. The third-order valence-corrected chi connectivity index (χ3v) is 6.51. The minimum absolute atomic E-state index is 0.0896. The average Bonchev–Trinajstić information content (AvgIpc) is 3.61. The average molecular weight is 473 g/mol. The minimum Gasteiger partial charge on any atom is -0.477 e. The van der Waals surface area contributed by atoms with Gasteiger partial charge in [0.2, 0.25) is 11.7 Å². The third-order valence-electron chi connectivity index (χ3n) is 6.51. The van der Waals surface area contributed by atoms with Crippen LogP contribution in [0.2, 0.25) is 0 Å². The SMILES string of the molecule is Cc1cc(N2CCC(C)C2)cn2nc(C(=O)N3Cc4nc(-c5cccc(C(=O)O)n5)oc4C3)nc12. The normalized spacial score (nSPS) is 17.4. The number of aryl methyl sites for hydroxylation is 1. The highest BCUT2D eigenvalue weighted by Gasteiger charge is 2.32. The molecule has 4 aromatic rings. The number of carboxylic acids is 1.